The summed E-state index contributed by atoms with van der Waals surface area (Å²) in [5.74, 6) is -0.593. The van der Waals surface area contributed by atoms with Crippen molar-refractivity contribution in [3.05, 3.63) is 12.2 Å². The summed E-state index contributed by atoms with van der Waals surface area (Å²) >= 11 is 0. The number of aliphatic hydroxyl groups is 4. The number of carbonyl (C=O) groups is 1. The second-order valence-corrected chi connectivity index (χ2v) is 17.2. The van der Waals surface area contributed by atoms with Crippen molar-refractivity contribution in [2.45, 2.75) is 289 Å². The Labute approximate surface area is 342 Å². The van der Waals surface area contributed by atoms with E-state index in [-0.39, 0.29) is 0 Å². The third-order valence-electron chi connectivity index (χ3n) is 11.7. The van der Waals surface area contributed by atoms with Crippen LogP contribution in [0, 0.1) is 0 Å². The number of hydrogen-bond acceptors (Lipinski definition) is 5. The summed E-state index contributed by atoms with van der Waals surface area (Å²) < 4.78 is 0. The summed E-state index contributed by atoms with van der Waals surface area (Å²) in [6.45, 7) is 4.03. The number of carbonyl (C=O) groups excluding carboxylic acids is 1. The highest BCUT2D eigenvalue weighted by Crippen LogP contribution is 2.17. The molecule has 0 aliphatic carbocycles. The molecule has 1 amide bonds. The van der Waals surface area contributed by atoms with E-state index in [0.717, 1.165) is 38.5 Å². The first-order chi connectivity index (χ1) is 27.0. The summed E-state index contributed by atoms with van der Waals surface area (Å²) in [6.07, 6.45) is 50.0. The molecule has 0 heterocycles. The lowest BCUT2D eigenvalue weighted by Crippen LogP contribution is -2.53. The highest BCUT2D eigenvalue weighted by atomic mass is 16.3. The van der Waals surface area contributed by atoms with Crippen molar-refractivity contribution in [2.75, 3.05) is 6.61 Å². The maximum atomic E-state index is 12.5. The number of amides is 1. The van der Waals surface area contributed by atoms with Gasteiger partial charge in [0.15, 0.2) is 0 Å². The Hall–Kier alpha value is -0.950. The molecule has 0 aromatic rings. The molecule has 4 atom stereocenters. The van der Waals surface area contributed by atoms with Gasteiger partial charge in [-0.1, -0.05) is 238 Å². The van der Waals surface area contributed by atoms with E-state index in [9.17, 15) is 25.2 Å². The van der Waals surface area contributed by atoms with Gasteiger partial charge >= 0.3 is 0 Å². The summed E-state index contributed by atoms with van der Waals surface area (Å²) in [6, 6.07) is -0.996. The lowest BCUT2D eigenvalue weighted by atomic mass is 10.00. The van der Waals surface area contributed by atoms with E-state index in [1.54, 1.807) is 0 Å². The van der Waals surface area contributed by atoms with Gasteiger partial charge in [0, 0.05) is 0 Å². The van der Waals surface area contributed by atoms with Gasteiger partial charge in [0.1, 0.15) is 12.2 Å². The largest absolute Gasteiger partial charge is 0.394 e. The minimum atomic E-state index is -1.28. The van der Waals surface area contributed by atoms with Crippen LogP contribution in [-0.2, 0) is 4.79 Å². The van der Waals surface area contributed by atoms with E-state index in [4.69, 9.17) is 0 Å². The average Bonchev–Trinajstić information content (AvgIpc) is 3.19. The van der Waals surface area contributed by atoms with Crippen LogP contribution in [0.2, 0.25) is 0 Å². The molecule has 4 unspecified atom stereocenters. The molecule has 0 fully saturated rings. The smallest absolute Gasteiger partial charge is 0.249 e. The molecule has 6 heteroatoms. The SMILES string of the molecule is CCCCCCCCCCCCCCCCCCCCCCCCCC/C=C/CCCC(O)C(O)C(CO)NC(=O)C(O)CCCCCCCCCCCC. The molecule has 5 N–H and O–H groups in total. The van der Waals surface area contributed by atoms with Crippen LogP contribution in [0.5, 0.6) is 0 Å². The Kier molecular flexibility index (Phi) is 43.4. The quantitative estimate of drug-likeness (QED) is 0.0312. The third kappa shape index (κ3) is 38.3. The molecule has 0 saturated heterocycles. The van der Waals surface area contributed by atoms with Gasteiger partial charge in [-0.25, -0.2) is 0 Å². The molecule has 0 aliphatic rings. The molecule has 0 aromatic carbocycles. The Bertz CT molecular complexity index is 791. The van der Waals surface area contributed by atoms with Crippen molar-refractivity contribution < 1.29 is 25.2 Å². The van der Waals surface area contributed by atoms with E-state index in [1.165, 1.54) is 199 Å². The Morgan fingerprint density at radius 3 is 1.09 bits per heavy atom. The van der Waals surface area contributed by atoms with Gasteiger partial charge in [-0.15, -0.1) is 0 Å². The van der Waals surface area contributed by atoms with Crippen LogP contribution in [0.25, 0.3) is 0 Å². The monoisotopic (exact) mass is 780 g/mol. The molecule has 328 valence electrons. The van der Waals surface area contributed by atoms with Crippen molar-refractivity contribution in [3.63, 3.8) is 0 Å². The summed E-state index contributed by atoms with van der Waals surface area (Å²) in [4.78, 5) is 12.5. The Morgan fingerprint density at radius 2 is 0.745 bits per heavy atom. The number of rotatable bonds is 45. The topological polar surface area (TPSA) is 110 Å². The lowest BCUT2D eigenvalue weighted by Gasteiger charge is -2.27. The molecule has 55 heavy (non-hydrogen) atoms. The fraction of sp³-hybridized carbons (Fsp3) is 0.939. The van der Waals surface area contributed by atoms with Crippen LogP contribution < -0.4 is 5.32 Å². The van der Waals surface area contributed by atoms with Crippen molar-refractivity contribution in [2.24, 2.45) is 0 Å². The summed E-state index contributed by atoms with van der Waals surface area (Å²) in [5.41, 5.74) is 0. The second-order valence-electron chi connectivity index (χ2n) is 17.2. The van der Waals surface area contributed by atoms with Crippen molar-refractivity contribution in [1.82, 2.24) is 5.32 Å². The predicted octanol–water partition coefficient (Wildman–Crippen LogP) is 13.4. The molecular formula is C49H97NO5. The fourth-order valence-electron chi connectivity index (χ4n) is 7.82. The van der Waals surface area contributed by atoms with Gasteiger partial charge in [0.05, 0.1) is 18.8 Å². The molecule has 0 saturated carbocycles. The molecule has 0 aliphatic heterocycles. The standard InChI is InChI=1S/C49H97NO5/c1-3-5-7-9-11-13-15-16-17-18-19-20-21-22-23-24-25-26-27-28-29-30-31-32-33-35-36-38-40-42-46(52)48(54)45(44-51)50-49(55)47(53)43-41-39-37-34-14-12-10-8-6-4-2/h35-36,45-48,51-54H,3-34,37-44H2,1-2H3,(H,50,55)/b36-35+. The maximum absolute atomic E-state index is 12.5. The minimum Gasteiger partial charge on any atom is -0.394 e. The zero-order valence-electron chi connectivity index (χ0n) is 36.9. The van der Waals surface area contributed by atoms with E-state index in [2.05, 4.69) is 31.3 Å². The number of allylic oxidation sites excluding steroid dienone is 2. The lowest BCUT2D eigenvalue weighted by molar-refractivity contribution is -0.132. The van der Waals surface area contributed by atoms with Gasteiger partial charge < -0.3 is 25.7 Å². The molecule has 6 nitrogen and oxygen atoms in total. The average molecular weight is 780 g/mol. The molecule has 0 aromatic heterocycles. The van der Waals surface area contributed by atoms with Crippen LogP contribution >= 0.6 is 0 Å². The van der Waals surface area contributed by atoms with Gasteiger partial charge in [-0.05, 0) is 38.5 Å². The predicted molar refractivity (Wildman–Crippen MR) is 238 cm³/mol. The Balaban J connectivity index is 3.59. The Morgan fingerprint density at radius 1 is 0.436 bits per heavy atom. The molecule has 0 radical (unpaired) electrons. The van der Waals surface area contributed by atoms with E-state index < -0.39 is 36.9 Å². The van der Waals surface area contributed by atoms with Gasteiger partial charge in [-0.3, -0.25) is 4.79 Å². The molecule has 0 spiro atoms. The van der Waals surface area contributed by atoms with E-state index in [1.807, 2.05) is 0 Å². The van der Waals surface area contributed by atoms with E-state index >= 15 is 0 Å². The zero-order valence-corrected chi connectivity index (χ0v) is 36.9. The first-order valence-electron chi connectivity index (χ1n) is 24.6. The number of unbranched alkanes of at least 4 members (excludes halogenated alkanes) is 34. The van der Waals surface area contributed by atoms with Crippen LogP contribution in [0.15, 0.2) is 12.2 Å². The highest BCUT2D eigenvalue weighted by Gasteiger charge is 2.28. The molecule has 0 bridgehead atoms. The summed E-state index contributed by atoms with van der Waals surface area (Å²) in [7, 11) is 0. The first kappa shape index (κ1) is 54.0. The number of nitrogens with one attached hydrogen (secondary N) is 1. The second kappa shape index (κ2) is 44.2. The van der Waals surface area contributed by atoms with E-state index in [0.29, 0.717) is 12.8 Å². The van der Waals surface area contributed by atoms with Crippen molar-refractivity contribution in [3.8, 4) is 0 Å². The summed E-state index contributed by atoms with van der Waals surface area (Å²) in [5, 5.41) is 43.6. The van der Waals surface area contributed by atoms with Crippen LogP contribution in [0.4, 0.5) is 0 Å². The molecular weight excluding hydrogens is 683 g/mol. The minimum absolute atomic E-state index is 0.366. The number of aliphatic hydroxyl groups excluding tert-OH is 4. The van der Waals surface area contributed by atoms with Gasteiger partial charge in [0.2, 0.25) is 5.91 Å². The van der Waals surface area contributed by atoms with Crippen LogP contribution in [0.1, 0.15) is 264 Å². The zero-order chi connectivity index (χ0) is 40.3. The fourth-order valence-corrected chi connectivity index (χ4v) is 7.82. The number of hydrogen-bond donors (Lipinski definition) is 5. The van der Waals surface area contributed by atoms with Gasteiger partial charge in [0.25, 0.3) is 0 Å². The van der Waals surface area contributed by atoms with Crippen LogP contribution in [0.3, 0.4) is 0 Å². The van der Waals surface area contributed by atoms with Crippen LogP contribution in [-0.4, -0.2) is 57.3 Å². The third-order valence-corrected chi connectivity index (χ3v) is 11.7. The van der Waals surface area contributed by atoms with Crippen molar-refractivity contribution >= 4 is 5.91 Å². The highest BCUT2D eigenvalue weighted by molar-refractivity contribution is 5.80. The maximum Gasteiger partial charge on any atom is 0.249 e. The van der Waals surface area contributed by atoms with Crippen molar-refractivity contribution in [1.29, 1.82) is 0 Å². The first-order valence-corrected chi connectivity index (χ1v) is 24.6. The van der Waals surface area contributed by atoms with Gasteiger partial charge in [-0.2, -0.15) is 0 Å². The normalized spacial score (nSPS) is 14.1. The molecule has 0 rings (SSSR count).